The molecule has 0 saturated carbocycles. The van der Waals surface area contributed by atoms with Gasteiger partial charge >= 0.3 is 0 Å². The number of nitrogen functional groups attached to an aromatic ring is 1. The van der Waals surface area contributed by atoms with Crippen molar-refractivity contribution in [3.8, 4) is 11.5 Å². The highest BCUT2D eigenvalue weighted by atomic mass is 16.6. The number of carbonyl (C=O) groups is 1. The summed E-state index contributed by atoms with van der Waals surface area (Å²) in [4.78, 5) is 11.9. The van der Waals surface area contributed by atoms with Gasteiger partial charge in [0.15, 0.2) is 17.3 Å². The Morgan fingerprint density at radius 3 is 2.59 bits per heavy atom. The molecule has 4 heteroatoms. The molecule has 0 amide bonds. The molecule has 17 heavy (non-hydrogen) atoms. The van der Waals surface area contributed by atoms with Crippen molar-refractivity contribution in [1.82, 2.24) is 0 Å². The Balaban J connectivity index is 2.25. The summed E-state index contributed by atoms with van der Waals surface area (Å²) in [5.41, 5.74) is 6.87. The average molecular weight is 235 g/mol. The summed E-state index contributed by atoms with van der Waals surface area (Å²) in [6, 6.07) is 3.37. The number of ketones is 1. The molecule has 0 bridgehead atoms. The van der Waals surface area contributed by atoms with Crippen molar-refractivity contribution >= 4 is 11.5 Å². The first-order valence-electron chi connectivity index (χ1n) is 5.94. The summed E-state index contributed by atoms with van der Waals surface area (Å²) in [7, 11) is 0. The number of hydrogen-bond acceptors (Lipinski definition) is 4. The van der Waals surface area contributed by atoms with E-state index in [9.17, 15) is 4.79 Å². The maximum Gasteiger partial charge on any atom is 0.165 e. The van der Waals surface area contributed by atoms with Gasteiger partial charge in [0.1, 0.15) is 13.2 Å². The van der Waals surface area contributed by atoms with E-state index in [2.05, 4.69) is 6.92 Å². The van der Waals surface area contributed by atoms with Crippen LogP contribution in [0.25, 0.3) is 0 Å². The first-order chi connectivity index (χ1) is 8.22. The lowest BCUT2D eigenvalue weighted by molar-refractivity contribution is 0.0979. The number of carbonyl (C=O) groups excluding carboxylic acids is 1. The molecule has 2 rings (SSSR count). The lowest BCUT2D eigenvalue weighted by atomic mass is 10.0. The van der Waals surface area contributed by atoms with E-state index in [1.54, 1.807) is 12.1 Å². The van der Waals surface area contributed by atoms with Crippen molar-refractivity contribution in [1.29, 1.82) is 0 Å². The molecule has 0 fully saturated rings. The number of benzene rings is 1. The van der Waals surface area contributed by atoms with Gasteiger partial charge in [-0.3, -0.25) is 4.79 Å². The Kier molecular flexibility index (Phi) is 3.52. The van der Waals surface area contributed by atoms with Crippen molar-refractivity contribution in [2.75, 3.05) is 18.9 Å². The van der Waals surface area contributed by atoms with Crippen molar-refractivity contribution < 1.29 is 14.3 Å². The van der Waals surface area contributed by atoms with Gasteiger partial charge < -0.3 is 15.2 Å². The van der Waals surface area contributed by atoms with Crippen molar-refractivity contribution in [3.05, 3.63) is 17.7 Å². The highest BCUT2D eigenvalue weighted by Gasteiger charge is 2.17. The number of nitrogens with two attached hydrogens (primary N) is 1. The predicted octanol–water partition coefficient (Wildman–Crippen LogP) is 2.41. The molecule has 2 N–H and O–H groups in total. The van der Waals surface area contributed by atoms with Crippen molar-refractivity contribution in [2.45, 2.75) is 26.2 Å². The second-order valence-corrected chi connectivity index (χ2v) is 4.11. The third kappa shape index (κ3) is 2.52. The molecule has 0 atom stereocenters. The van der Waals surface area contributed by atoms with Gasteiger partial charge in [0.25, 0.3) is 0 Å². The van der Waals surface area contributed by atoms with Crippen LogP contribution < -0.4 is 15.2 Å². The summed E-state index contributed by atoms with van der Waals surface area (Å²) in [5, 5.41) is 0. The van der Waals surface area contributed by atoms with E-state index < -0.39 is 0 Å². The summed E-state index contributed by atoms with van der Waals surface area (Å²) in [6.07, 6.45) is 2.41. The molecule has 1 aliphatic heterocycles. The third-order valence-corrected chi connectivity index (χ3v) is 2.77. The number of Topliss-reactive ketones (excluding diaryl/α,β-unsaturated/α-hetero) is 1. The van der Waals surface area contributed by atoms with Gasteiger partial charge in [0.2, 0.25) is 0 Å². The zero-order valence-electron chi connectivity index (χ0n) is 9.99. The summed E-state index contributed by atoms with van der Waals surface area (Å²) < 4.78 is 10.8. The van der Waals surface area contributed by atoms with E-state index in [1.165, 1.54) is 0 Å². The number of rotatable bonds is 4. The first kappa shape index (κ1) is 11.8. The third-order valence-electron chi connectivity index (χ3n) is 2.77. The van der Waals surface area contributed by atoms with Crippen LogP contribution in [-0.2, 0) is 0 Å². The molecular formula is C13H17NO3. The molecule has 4 nitrogen and oxygen atoms in total. The summed E-state index contributed by atoms with van der Waals surface area (Å²) in [5.74, 6) is 1.31. The molecule has 92 valence electrons. The fourth-order valence-electron chi connectivity index (χ4n) is 1.82. The molecule has 0 radical (unpaired) electrons. The van der Waals surface area contributed by atoms with Crippen LogP contribution in [0.15, 0.2) is 12.1 Å². The molecule has 0 saturated heterocycles. The Morgan fingerprint density at radius 2 is 1.94 bits per heavy atom. The largest absolute Gasteiger partial charge is 0.486 e. The number of ether oxygens (including phenoxy) is 2. The van der Waals surface area contributed by atoms with E-state index in [0.717, 1.165) is 12.8 Å². The topological polar surface area (TPSA) is 61.6 Å². The highest BCUT2D eigenvalue weighted by molar-refractivity contribution is 6.01. The van der Waals surface area contributed by atoms with Crippen LogP contribution in [0.1, 0.15) is 36.5 Å². The fraction of sp³-hybridized carbons (Fsp3) is 0.462. The molecule has 0 spiro atoms. The lowest BCUT2D eigenvalue weighted by Gasteiger charge is -2.19. The molecule has 0 aliphatic carbocycles. The molecule has 1 aromatic rings. The van der Waals surface area contributed by atoms with Gasteiger partial charge in [0, 0.05) is 23.7 Å². The highest BCUT2D eigenvalue weighted by Crippen LogP contribution is 2.34. The molecule has 1 aliphatic rings. The van der Waals surface area contributed by atoms with Crippen LogP contribution in [0.4, 0.5) is 5.69 Å². The molecule has 0 aromatic heterocycles. The lowest BCUT2D eigenvalue weighted by Crippen LogP contribution is -2.16. The van der Waals surface area contributed by atoms with Crippen LogP contribution in [0.5, 0.6) is 11.5 Å². The maximum atomic E-state index is 11.9. The maximum absolute atomic E-state index is 11.9. The second-order valence-electron chi connectivity index (χ2n) is 4.11. The van der Waals surface area contributed by atoms with Gasteiger partial charge in [-0.1, -0.05) is 13.3 Å². The predicted molar refractivity (Wildman–Crippen MR) is 65.7 cm³/mol. The van der Waals surface area contributed by atoms with Gasteiger partial charge in [0.05, 0.1) is 0 Å². The van der Waals surface area contributed by atoms with E-state index in [1.807, 2.05) is 0 Å². The molecule has 0 unspecified atom stereocenters. The fourth-order valence-corrected chi connectivity index (χ4v) is 1.82. The smallest absolute Gasteiger partial charge is 0.165 e. The Bertz CT molecular complexity index is 429. The molecule has 1 aromatic carbocycles. The monoisotopic (exact) mass is 235 g/mol. The zero-order valence-corrected chi connectivity index (χ0v) is 9.99. The van der Waals surface area contributed by atoms with Crippen LogP contribution in [0, 0.1) is 0 Å². The number of unbranched alkanes of at least 4 members (excludes halogenated alkanes) is 1. The van der Waals surface area contributed by atoms with Gasteiger partial charge in [-0.2, -0.15) is 0 Å². The number of hydrogen-bond donors (Lipinski definition) is 1. The van der Waals surface area contributed by atoms with Crippen LogP contribution in [0.2, 0.25) is 0 Å². The van der Waals surface area contributed by atoms with Gasteiger partial charge in [-0.05, 0) is 12.5 Å². The van der Waals surface area contributed by atoms with Gasteiger partial charge in [-0.25, -0.2) is 0 Å². The second kappa shape index (κ2) is 5.08. The Morgan fingerprint density at radius 1 is 1.29 bits per heavy atom. The summed E-state index contributed by atoms with van der Waals surface area (Å²) >= 11 is 0. The van der Waals surface area contributed by atoms with E-state index in [-0.39, 0.29) is 5.78 Å². The van der Waals surface area contributed by atoms with Crippen LogP contribution >= 0.6 is 0 Å². The Labute approximate surface area is 101 Å². The number of anilines is 1. The van der Waals surface area contributed by atoms with Crippen molar-refractivity contribution in [2.24, 2.45) is 0 Å². The quantitative estimate of drug-likeness (QED) is 0.643. The Hall–Kier alpha value is -1.71. The minimum absolute atomic E-state index is 0.0707. The SMILES string of the molecule is CCCCC(=O)c1cc2c(cc1N)OCCO2. The summed E-state index contributed by atoms with van der Waals surface area (Å²) in [6.45, 7) is 3.09. The van der Waals surface area contributed by atoms with E-state index in [0.29, 0.717) is 42.4 Å². The number of fused-ring (bicyclic) bond motifs is 1. The minimum atomic E-state index is 0.0707. The standard InChI is InChI=1S/C13H17NO3/c1-2-3-4-11(15)9-7-12-13(8-10(9)14)17-6-5-16-12/h7-8H,2-6,14H2,1H3. The van der Waals surface area contributed by atoms with Crippen LogP contribution in [0.3, 0.4) is 0 Å². The van der Waals surface area contributed by atoms with Gasteiger partial charge in [-0.15, -0.1) is 0 Å². The van der Waals surface area contributed by atoms with Crippen LogP contribution in [-0.4, -0.2) is 19.0 Å². The molecule has 1 heterocycles. The zero-order chi connectivity index (χ0) is 12.3. The normalized spacial score (nSPS) is 13.5. The average Bonchev–Trinajstić information content (AvgIpc) is 2.35. The van der Waals surface area contributed by atoms with Crippen molar-refractivity contribution in [3.63, 3.8) is 0 Å². The first-order valence-corrected chi connectivity index (χ1v) is 5.94. The minimum Gasteiger partial charge on any atom is -0.486 e. The van der Waals surface area contributed by atoms with E-state index in [4.69, 9.17) is 15.2 Å². The molecular weight excluding hydrogens is 218 g/mol. The van der Waals surface area contributed by atoms with E-state index >= 15 is 0 Å².